The molecular formula is C16H26N2O4S. The Balaban J connectivity index is 1.92. The average molecular weight is 342 g/mol. The van der Waals surface area contributed by atoms with E-state index in [1.165, 1.54) is 4.31 Å². The maximum absolute atomic E-state index is 12.6. The summed E-state index contributed by atoms with van der Waals surface area (Å²) >= 11 is 0. The van der Waals surface area contributed by atoms with Crippen LogP contribution >= 0.6 is 0 Å². The number of nitrogens with zero attached hydrogens (tertiary/aromatic N) is 2. The largest absolute Gasteiger partial charge is 0.494 e. The molecule has 1 heterocycles. The van der Waals surface area contributed by atoms with Crippen LogP contribution in [0.4, 0.5) is 0 Å². The molecule has 0 amide bonds. The molecule has 1 aliphatic rings. The highest BCUT2D eigenvalue weighted by Crippen LogP contribution is 2.20. The van der Waals surface area contributed by atoms with Crippen molar-refractivity contribution in [2.24, 2.45) is 0 Å². The zero-order valence-corrected chi connectivity index (χ0v) is 14.7. The Morgan fingerprint density at radius 1 is 1.17 bits per heavy atom. The third kappa shape index (κ3) is 5.17. The molecule has 130 valence electrons. The summed E-state index contributed by atoms with van der Waals surface area (Å²) in [4.78, 5) is 0. The maximum atomic E-state index is 12.6. The van der Waals surface area contributed by atoms with Gasteiger partial charge in [-0.1, -0.05) is 18.2 Å². The van der Waals surface area contributed by atoms with Gasteiger partial charge in [-0.25, -0.2) is 0 Å². The van der Waals surface area contributed by atoms with E-state index in [0.717, 1.165) is 18.6 Å². The third-order valence-electron chi connectivity index (χ3n) is 3.89. The molecule has 0 N–H and O–H groups in total. The summed E-state index contributed by atoms with van der Waals surface area (Å²) in [5.41, 5.74) is 0. The number of hydrogen-bond acceptors (Lipinski definition) is 4. The van der Waals surface area contributed by atoms with E-state index >= 15 is 0 Å². The maximum Gasteiger partial charge on any atom is 0.281 e. The van der Waals surface area contributed by atoms with Crippen LogP contribution in [-0.4, -0.2) is 63.5 Å². The zero-order valence-electron chi connectivity index (χ0n) is 13.8. The van der Waals surface area contributed by atoms with Gasteiger partial charge in [0.2, 0.25) is 0 Å². The van der Waals surface area contributed by atoms with Crippen molar-refractivity contribution in [3.05, 3.63) is 30.3 Å². The summed E-state index contributed by atoms with van der Waals surface area (Å²) in [7, 11) is -0.285. The van der Waals surface area contributed by atoms with E-state index in [2.05, 4.69) is 0 Å². The van der Waals surface area contributed by atoms with Gasteiger partial charge in [0.25, 0.3) is 10.2 Å². The van der Waals surface area contributed by atoms with Gasteiger partial charge in [-0.3, -0.25) is 0 Å². The Morgan fingerprint density at radius 2 is 1.83 bits per heavy atom. The fraction of sp³-hybridized carbons (Fsp3) is 0.625. The Bertz CT molecular complexity index is 557. The molecule has 1 aliphatic heterocycles. The van der Waals surface area contributed by atoms with Gasteiger partial charge in [0, 0.05) is 39.9 Å². The first kappa shape index (κ1) is 18.2. The van der Waals surface area contributed by atoms with Gasteiger partial charge in [0.05, 0.1) is 6.61 Å². The first-order valence-corrected chi connectivity index (χ1v) is 9.36. The van der Waals surface area contributed by atoms with Crippen LogP contribution in [0.25, 0.3) is 0 Å². The van der Waals surface area contributed by atoms with Gasteiger partial charge in [-0.05, 0) is 31.4 Å². The summed E-state index contributed by atoms with van der Waals surface area (Å²) in [6.07, 6.45) is 2.14. The molecule has 0 aromatic heterocycles. The van der Waals surface area contributed by atoms with E-state index in [-0.39, 0.29) is 6.04 Å². The Labute approximate surface area is 139 Å². The molecule has 1 fully saturated rings. The van der Waals surface area contributed by atoms with Crippen LogP contribution in [0.1, 0.15) is 19.3 Å². The quantitative estimate of drug-likeness (QED) is 0.675. The van der Waals surface area contributed by atoms with Gasteiger partial charge < -0.3 is 9.47 Å². The van der Waals surface area contributed by atoms with Gasteiger partial charge >= 0.3 is 0 Å². The van der Waals surface area contributed by atoms with Crippen molar-refractivity contribution in [3.63, 3.8) is 0 Å². The van der Waals surface area contributed by atoms with Crippen LogP contribution in [-0.2, 0) is 14.9 Å². The number of rotatable bonds is 8. The molecule has 1 saturated heterocycles. The molecule has 0 radical (unpaired) electrons. The molecule has 0 atom stereocenters. The molecule has 0 bridgehead atoms. The van der Waals surface area contributed by atoms with E-state index in [4.69, 9.17) is 9.47 Å². The number of benzene rings is 1. The number of para-hydroxylation sites is 1. The molecule has 1 aromatic rings. The van der Waals surface area contributed by atoms with Crippen molar-refractivity contribution in [2.45, 2.75) is 25.3 Å². The van der Waals surface area contributed by atoms with Crippen molar-refractivity contribution in [3.8, 4) is 5.75 Å². The van der Waals surface area contributed by atoms with E-state index in [9.17, 15) is 8.42 Å². The SMILES string of the molecule is CN(C)S(=O)(=O)N(CCCOc1ccccc1)C1CCOCC1. The van der Waals surface area contributed by atoms with Gasteiger partial charge in [-0.15, -0.1) is 0 Å². The van der Waals surface area contributed by atoms with Gasteiger partial charge in [0.1, 0.15) is 5.75 Å². The molecule has 0 aliphatic carbocycles. The molecule has 23 heavy (non-hydrogen) atoms. The van der Waals surface area contributed by atoms with Crippen molar-refractivity contribution < 1.29 is 17.9 Å². The molecule has 7 heteroatoms. The lowest BCUT2D eigenvalue weighted by molar-refractivity contribution is 0.0563. The predicted octanol–water partition coefficient (Wildman–Crippen LogP) is 1.74. The fourth-order valence-electron chi connectivity index (χ4n) is 2.60. The number of ether oxygens (including phenoxy) is 2. The minimum absolute atomic E-state index is 0.00729. The van der Waals surface area contributed by atoms with Crippen LogP contribution in [0.15, 0.2) is 30.3 Å². The second-order valence-electron chi connectivity index (χ2n) is 5.76. The molecule has 0 unspecified atom stereocenters. The predicted molar refractivity (Wildman–Crippen MR) is 89.7 cm³/mol. The van der Waals surface area contributed by atoms with E-state index in [1.54, 1.807) is 18.4 Å². The van der Waals surface area contributed by atoms with Gasteiger partial charge in [-0.2, -0.15) is 17.0 Å². The monoisotopic (exact) mass is 342 g/mol. The average Bonchev–Trinajstić information content (AvgIpc) is 2.56. The molecule has 2 rings (SSSR count). The van der Waals surface area contributed by atoms with E-state index in [1.807, 2.05) is 30.3 Å². The normalized spacial score (nSPS) is 16.9. The van der Waals surface area contributed by atoms with Crippen molar-refractivity contribution in [1.29, 1.82) is 0 Å². The lowest BCUT2D eigenvalue weighted by Gasteiger charge is -2.34. The molecule has 0 saturated carbocycles. The first-order valence-electron chi connectivity index (χ1n) is 7.96. The third-order valence-corrected chi connectivity index (χ3v) is 5.89. The van der Waals surface area contributed by atoms with Crippen LogP contribution < -0.4 is 4.74 Å². The van der Waals surface area contributed by atoms with Crippen LogP contribution in [0.2, 0.25) is 0 Å². The summed E-state index contributed by atoms with van der Waals surface area (Å²) in [5.74, 6) is 0.806. The summed E-state index contributed by atoms with van der Waals surface area (Å²) in [5, 5.41) is 0. The molecular weight excluding hydrogens is 316 g/mol. The molecule has 0 spiro atoms. The second-order valence-corrected chi connectivity index (χ2v) is 7.85. The molecule has 6 nitrogen and oxygen atoms in total. The fourth-order valence-corrected chi connectivity index (χ4v) is 3.96. The Hall–Kier alpha value is -1.15. The Morgan fingerprint density at radius 3 is 2.43 bits per heavy atom. The van der Waals surface area contributed by atoms with Crippen LogP contribution in [0.5, 0.6) is 5.75 Å². The van der Waals surface area contributed by atoms with Crippen molar-refractivity contribution in [1.82, 2.24) is 8.61 Å². The standard InChI is InChI=1S/C16H26N2O4S/c1-17(2)23(19,20)18(15-9-13-21-14-10-15)11-6-12-22-16-7-4-3-5-8-16/h3-5,7-8,15H,6,9-14H2,1-2H3. The zero-order chi connectivity index (χ0) is 16.7. The highest BCUT2D eigenvalue weighted by atomic mass is 32.2. The topological polar surface area (TPSA) is 59.1 Å². The van der Waals surface area contributed by atoms with Gasteiger partial charge in [0.15, 0.2) is 0 Å². The lowest BCUT2D eigenvalue weighted by Crippen LogP contribution is -2.48. The van der Waals surface area contributed by atoms with Crippen LogP contribution in [0, 0.1) is 0 Å². The smallest absolute Gasteiger partial charge is 0.281 e. The summed E-state index contributed by atoms with van der Waals surface area (Å²) in [6, 6.07) is 9.57. The second kappa shape index (κ2) is 8.63. The van der Waals surface area contributed by atoms with E-state index < -0.39 is 10.2 Å². The first-order chi connectivity index (χ1) is 11.0. The minimum atomic E-state index is -3.43. The van der Waals surface area contributed by atoms with Crippen LogP contribution in [0.3, 0.4) is 0 Å². The highest BCUT2D eigenvalue weighted by molar-refractivity contribution is 7.86. The lowest BCUT2D eigenvalue weighted by atomic mass is 10.1. The summed E-state index contributed by atoms with van der Waals surface area (Å²) < 4.78 is 39.0. The highest BCUT2D eigenvalue weighted by Gasteiger charge is 2.32. The van der Waals surface area contributed by atoms with Crippen molar-refractivity contribution in [2.75, 3.05) is 40.5 Å². The molecule has 1 aromatic carbocycles. The van der Waals surface area contributed by atoms with Crippen molar-refractivity contribution >= 4 is 10.2 Å². The minimum Gasteiger partial charge on any atom is -0.494 e. The Kier molecular flexibility index (Phi) is 6.83. The van der Waals surface area contributed by atoms with E-state index in [0.29, 0.717) is 32.8 Å². The number of hydrogen-bond donors (Lipinski definition) is 0. The summed E-state index contributed by atoms with van der Waals surface area (Å²) in [6.45, 7) is 2.18.